The fraction of sp³-hybridized carbons (Fsp3) is 0. The van der Waals surface area contributed by atoms with Crippen molar-refractivity contribution in [2.45, 2.75) is 0 Å². The third kappa shape index (κ3) is 1.21. The number of nitro groups is 1. The normalized spacial score (nSPS) is 15.9. The van der Waals surface area contributed by atoms with Crippen molar-refractivity contribution in [3.63, 3.8) is 0 Å². The highest BCUT2D eigenvalue weighted by molar-refractivity contribution is 5.38. The SMILES string of the molecule is [CH+]=C1C=C([N+](=O)[O-])C=C[CH-]1. The summed E-state index contributed by atoms with van der Waals surface area (Å²) in [6, 6.07) is 0. The van der Waals surface area contributed by atoms with Gasteiger partial charge in [0.1, 0.15) is 0 Å². The molecule has 0 aliphatic heterocycles. The first-order valence-corrected chi connectivity index (χ1v) is 2.70. The molecular weight excluding hydrogens is 130 g/mol. The molecule has 0 spiro atoms. The van der Waals surface area contributed by atoms with Crippen molar-refractivity contribution in [2.75, 3.05) is 0 Å². The van der Waals surface area contributed by atoms with Crippen LogP contribution in [0.15, 0.2) is 29.5 Å². The summed E-state index contributed by atoms with van der Waals surface area (Å²) >= 11 is 0. The Morgan fingerprint density at radius 3 is 2.80 bits per heavy atom. The monoisotopic (exact) mass is 135 g/mol. The summed E-state index contributed by atoms with van der Waals surface area (Å²) in [5, 5.41) is 10.1. The Bertz CT molecular complexity index is 236. The third-order valence-corrected chi connectivity index (χ3v) is 1.08. The molecule has 3 nitrogen and oxygen atoms in total. The molecule has 0 unspecified atom stereocenters. The lowest BCUT2D eigenvalue weighted by atomic mass is 10.1. The van der Waals surface area contributed by atoms with Crippen LogP contribution in [-0.2, 0) is 0 Å². The van der Waals surface area contributed by atoms with Gasteiger partial charge in [-0.25, -0.2) is 0 Å². The summed E-state index contributed by atoms with van der Waals surface area (Å²) < 4.78 is 0. The Labute approximate surface area is 58.5 Å². The van der Waals surface area contributed by atoms with E-state index in [1.54, 1.807) is 12.5 Å². The predicted molar refractivity (Wildman–Crippen MR) is 36.3 cm³/mol. The van der Waals surface area contributed by atoms with Crippen LogP contribution in [0.5, 0.6) is 0 Å². The Hall–Kier alpha value is -1.60. The van der Waals surface area contributed by atoms with E-state index < -0.39 is 4.92 Å². The van der Waals surface area contributed by atoms with Gasteiger partial charge in [-0.3, -0.25) is 10.1 Å². The van der Waals surface area contributed by atoms with Gasteiger partial charge in [0.25, 0.3) is 5.70 Å². The Morgan fingerprint density at radius 2 is 2.40 bits per heavy atom. The topological polar surface area (TPSA) is 43.1 Å². The zero-order chi connectivity index (χ0) is 7.56. The van der Waals surface area contributed by atoms with Gasteiger partial charge in [-0.1, -0.05) is 6.08 Å². The van der Waals surface area contributed by atoms with Crippen LogP contribution in [0.1, 0.15) is 0 Å². The van der Waals surface area contributed by atoms with Crippen LogP contribution in [0, 0.1) is 23.1 Å². The minimum atomic E-state index is -0.476. The molecule has 0 aromatic rings. The number of hydrogen-bond donors (Lipinski definition) is 0. The second-order valence-electron chi connectivity index (χ2n) is 1.85. The van der Waals surface area contributed by atoms with Crippen LogP contribution in [-0.4, -0.2) is 4.92 Å². The summed E-state index contributed by atoms with van der Waals surface area (Å²) in [5.41, 5.74) is 0.439. The molecule has 1 aliphatic rings. The van der Waals surface area contributed by atoms with E-state index in [0.29, 0.717) is 5.57 Å². The standard InChI is InChI=1S/C7H5NO2/c1-6-3-2-4-7(5-6)8(9)10/h1-5H. The molecule has 0 N–H and O–H groups in total. The van der Waals surface area contributed by atoms with Crippen LogP contribution in [0.4, 0.5) is 0 Å². The number of hydrogen-bond acceptors (Lipinski definition) is 2. The first-order chi connectivity index (χ1) is 4.70. The first-order valence-electron chi connectivity index (χ1n) is 2.70. The lowest BCUT2D eigenvalue weighted by Gasteiger charge is -1.98. The van der Waals surface area contributed by atoms with E-state index in [9.17, 15) is 10.1 Å². The van der Waals surface area contributed by atoms with Gasteiger partial charge in [0.2, 0.25) is 0 Å². The molecule has 0 radical (unpaired) electrons. The maximum atomic E-state index is 10.1. The van der Waals surface area contributed by atoms with Gasteiger partial charge in [0, 0.05) is 17.7 Å². The largest absolute Gasteiger partial charge is 0.270 e. The maximum absolute atomic E-state index is 10.1. The molecule has 0 fully saturated rings. The average molecular weight is 135 g/mol. The molecule has 0 atom stereocenters. The molecule has 50 valence electrons. The van der Waals surface area contributed by atoms with E-state index in [2.05, 4.69) is 0 Å². The van der Waals surface area contributed by atoms with Crippen molar-refractivity contribution >= 4 is 0 Å². The minimum Gasteiger partial charge on any atom is -0.258 e. The predicted octanol–water partition coefficient (Wildman–Crippen LogP) is 1.28. The summed E-state index contributed by atoms with van der Waals surface area (Å²) in [4.78, 5) is 9.63. The van der Waals surface area contributed by atoms with E-state index in [-0.39, 0.29) is 5.70 Å². The second kappa shape index (κ2) is 2.33. The molecular formula is C7H5NO2. The van der Waals surface area contributed by atoms with Crippen molar-refractivity contribution in [3.05, 3.63) is 52.6 Å². The highest BCUT2D eigenvalue weighted by Crippen LogP contribution is 2.12. The van der Waals surface area contributed by atoms with Gasteiger partial charge in [-0.05, 0) is 6.42 Å². The second-order valence-corrected chi connectivity index (χ2v) is 1.85. The Morgan fingerprint density at radius 1 is 1.70 bits per heavy atom. The third-order valence-electron chi connectivity index (χ3n) is 1.08. The van der Waals surface area contributed by atoms with Crippen molar-refractivity contribution < 1.29 is 4.92 Å². The van der Waals surface area contributed by atoms with Crippen molar-refractivity contribution in [3.8, 4) is 0 Å². The fourth-order valence-electron chi connectivity index (χ4n) is 0.638. The zero-order valence-electron chi connectivity index (χ0n) is 5.15. The molecule has 0 bridgehead atoms. The van der Waals surface area contributed by atoms with Gasteiger partial charge in [0.15, 0.2) is 0 Å². The highest BCUT2D eigenvalue weighted by atomic mass is 16.6. The van der Waals surface area contributed by atoms with Crippen molar-refractivity contribution in [1.29, 1.82) is 0 Å². The van der Waals surface area contributed by atoms with Crippen LogP contribution < -0.4 is 0 Å². The average Bonchev–Trinajstić information content (AvgIpc) is 1.88. The van der Waals surface area contributed by atoms with E-state index in [1.807, 2.05) is 0 Å². The van der Waals surface area contributed by atoms with Crippen molar-refractivity contribution in [2.24, 2.45) is 0 Å². The molecule has 0 saturated carbocycles. The smallest absolute Gasteiger partial charge is 0.258 e. The zero-order valence-corrected chi connectivity index (χ0v) is 5.15. The molecule has 0 amide bonds. The molecule has 0 aromatic heterocycles. The highest BCUT2D eigenvalue weighted by Gasteiger charge is 2.09. The van der Waals surface area contributed by atoms with Gasteiger partial charge in [-0.15, -0.1) is 0 Å². The van der Waals surface area contributed by atoms with E-state index in [0.717, 1.165) is 0 Å². The van der Waals surface area contributed by atoms with Crippen LogP contribution >= 0.6 is 0 Å². The summed E-state index contributed by atoms with van der Waals surface area (Å²) in [6.07, 6.45) is 5.87. The fourth-order valence-corrected chi connectivity index (χ4v) is 0.638. The number of allylic oxidation sites excluding steroid dienone is 4. The van der Waals surface area contributed by atoms with Crippen LogP contribution in [0.3, 0.4) is 0 Å². The summed E-state index contributed by atoms with van der Waals surface area (Å²) in [6.45, 7) is 5.29. The summed E-state index contributed by atoms with van der Waals surface area (Å²) in [5.74, 6) is 0. The van der Waals surface area contributed by atoms with Gasteiger partial charge < -0.3 is 0 Å². The molecule has 0 heterocycles. The van der Waals surface area contributed by atoms with E-state index in [1.165, 1.54) is 12.2 Å². The number of rotatable bonds is 1. The molecule has 3 heteroatoms. The molecule has 1 aliphatic carbocycles. The molecule has 10 heavy (non-hydrogen) atoms. The van der Waals surface area contributed by atoms with Gasteiger partial charge in [-0.2, -0.15) is 6.58 Å². The molecule has 1 rings (SSSR count). The lowest BCUT2D eigenvalue weighted by molar-refractivity contribution is -0.419. The minimum absolute atomic E-state index is 0.0278. The van der Waals surface area contributed by atoms with E-state index >= 15 is 0 Å². The van der Waals surface area contributed by atoms with Crippen molar-refractivity contribution in [1.82, 2.24) is 0 Å². The maximum Gasteiger partial charge on any atom is 0.270 e. The van der Waals surface area contributed by atoms with Gasteiger partial charge in [0.05, 0.1) is 4.92 Å². The lowest BCUT2D eigenvalue weighted by Crippen LogP contribution is -1.98. The Balaban J connectivity index is 2.86. The van der Waals surface area contributed by atoms with E-state index in [4.69, 9.17) is 6.58 Å². The molecule has 0 saturated heterocycles. The number of nitrogens with zero attached hydrogens (tertiary/aromatic N) is 1. The Kier molecular flexibility index (Phi) is 1.52. The quantitative estimate of drug-likeness (QED) is 0.309. The van der Waals surface area contributed by atoms with Gasteiger partial charge >= 0.3 is 0 Å². The van der Waals surface area contributed by atoms with Crippen LogP contribution in [0.25, 0.3) is 0 Å². The van der Waals surface area contributed by atoms with Crippen LogP contribution in [0.2, 0.25) is 0 Å². The first kappa shape index (κ1) is 6.52. The molecule has 0 aromatic carbocycles. The summed E-state index contributed by atoms with van der Waals surface area (Å²) in [7, 11) is 0.